The van der Waals surface area contributed by atoms with Crippen molar-refractivity contribution < 1.29 is 4.74 Å². The Morgan fingerprint density at radius 3 is 2.71 bits per heavy atom. The molecular formula is C17H21BrN2O. The average Bonchev–Trinajstić information content (AvgIpc) is 2.45. The number of hydrogen-bond donors (Lipinski definition) is 1. The van der Waals surface area contributed by atoms with Crippen LogP contribution in [0, 0.1) is 0 Å². The second kappa shape index (κ2) is 8.05. The van der Waals surface area contributed by atoms with Gasteiger partial charge in [0, 0.05) is 17.6 Å². The Kier molecular flexibility index (Phi) is 6.08. The summed E-state index contributed by atoms with van der Waals surface area (Å²) in [6.07, 6.45) is 0.971. The number of benzene rings is 2. The van der Waals surface area contributed by atoms with Crippen LogP contribution in [0.2, 0.25) is 0 Å². The fourth-order valence-electron chi connectivity index (χ4n) is 2.15. The molecule has 2 aromatic carbocycles. The van der Waals surface area contributed by atoms with E-state index in [0.717, 1.165) is 29.7 Å². The molecule has 2 rings (SSSR count). The molecule has 112 valence electrons. The fourth-order valence-corrected chi connectivity index (χ4v) is 2.60. The Hall–Kier alpha value is -1.52. The van der Waals surface area contributed by atoms with Crippen LogP contribution < -0.4 is 10.5 Å². The number of ether oxygens (including phenoxy) is 1. The summed E-state index contributed by atoms with van der Waals surface area (Å²) >= 11 is 3.50. The maximum absolute atomic E-state index is 5.84. The summed E-state index contributed by atoms with van der Waals surface area (Å²) < 4.78 is 6.82. The first kappa shape index (κ1) is 15.9. The Bertz CT molecular complexity index is 574. The van der Waals surface area contributed by atoms with Gasteiger partial charge in [-0.2, -0.15) is 0 Å². The van der Waals surface area contributed by atoms with E-state index in [2.05, 4.69) is 46.1 Å². The number of halogens is 1. The summed E-state index contributed by atoms with van der Waals surface area (Å²) in [6, 6.07) is 16.0. The molecule has 0 aliphatic heterocycles. The zero-order chi connectivity index (χ0) is 15.1. The monoisotopic (exact) mass is 348 g/mol. The molecule has 0 heterocycles. The van der Waals surface area contributed by atoms with E-state index >= 15 is 0 Å². The van der Waals surface area contributed by atoms with Gasteiger partial charge in [0.2, 0.25) is 0 Å². The van der Waals surface area contributed by atoms with Crippen molar-refractivity contribution in [1.82, 2.24) is 4.90 Å². The minimum Gasteiger partial charge on any atom is -0.491 e. The molecule has 0 spiro atoms. The first-order valence-electron chi connectivity index (χ1n) is 7.05. The lowest BCUT2D eigenvalue weighted by Gasteiger charge is -2.17. The third-order valence-electron chi connectivity index (χ3n) is 3.20. The van der Waals surface area contributed by atoms with Crippen molar-refractivity contribution in [2.45, 2.75) is 13.0 Å². The SMILES string of the molecule is CN(CCCOc1ccccc1N)Cc1cccc(Br)c1. The van der Waals surface area contributed by atoms with E-state index in [4.69, 9.17) is 10.5 Å². The van der Waals surface area contributed by atoms with Gasteiger partial charge in [-0.05, 0) is 43.3 Å². The highest BCUT2D eigenvalue weighted by atomic mass is 79.9. The second-order valence-corrected chi connectivity index (χ2v) is 6.02. The topological polar surface area (TPSA) is 38.5 Å². The van der Waals surface area contributed by atoms with Crippen LogP contribution in [0.15, 0.2) is 53.0 Å². The molecule has 2 N–H and O–H groups in total. The summed E-state index contributed by atoms with van der Waals surface area (Å²) in [5.41, 5.74) is 7.84. The largest absolute Gasteiger partial charge is 0.491 e. The van der Waals surface area contributed by atoms with Gasteiger partial charge >= 0.3 is 0 Å². The Balaban J connectivity index is 1.70. The van der Waals surface area contributed by atoms with Crippen LogP contribution in [0.3, 0.4) is 0 Å². The number of nitrogen functional groups attached to an aromatic ring is 1. The molecule has 0 fully saturated rings. The maximum Gasteiger partial charge on any atom is 0.142 e. The molecule has 3 nitrogen and oxygen atoms in total. The van der Waals surface area contributed by atoms with Crippen LogP contribution in [-0.4, -0.2) is 25.1 Å². The lowest BCUT2D eigenvalue weighted by molar-refractivity contribution is 0.259. The highest BCUT2D eigenvalue weighted by Crippen LogP contribution is 2.19. The van der Waals surface area contributed by atoms with Crippen LogP contribution in [0.25, 0.3) is 0 Å². The van der Waals surface area contributed by atoms with Crippen LogP contribution in [0.1, 0.15) is 12.0 Å². The van der Waals surface area contributed by atoms with E-state index in [-0.39, 0.29) is 0 Å². The van der Waals surface area contributed by atoms with Gasteiger partial charge in [-0.15, -0.1) is 0 Å². The lowest BCUT2D eigenvalue weighted by atomic mass is 10.2. The summed E-state index contributed by atoms with van der Waals surface area (Å²) in [6.45, 7) is 2.60. The van der Waals surface area contributed by atoms with Crippen LogP contribution in [0.4, 0.5) is 5.69 Å². The molecule has 0 aliphatic carbocycles. The molecule has 0 radical (unpaired) electrons. The van der Waals surface area contributed by atoms with E-state index in [0.29, 0.717) is 12.3 Å². The predicted molar refractivity (Wildman–Crippen MR) is 91.4 cm³/mol. The molecule has 2 aromatic rings. The third kappa shape index (κ3) is 5.40. The van der Waals surface area contributed by atoms with E-state index in [1.807, 2.05) is 30.3 Å². The number of nitrogens with zero attached hydrogens (tertiary/aromatic N) is 1. The zero-order valence-corrected chi connectivity index (χ0v) is 13.8. The molecule has 21 heavy (non-hydrogen) atoms. The van der Waals surface area contributed by atoms with Crippen LogP contribution in [0.5, 0.6) is 5.75 Å². The molecule has 0 saturated heterocycles. The quantitative estimate of drug-likeness (QED) is 0.608. The van der Waals surface area contributed by atoms with Crippen molar-refractivity contribution in [2.24, 2.45) is 0 Å². The molecule has 0 amide bonds. The highest BCUT2D eigenvalue weighted by molar-refractivity contribution is 9.10. The van der Waals surface area contributed by atoms with E-state index in [1.165, 1.54) is 5.56 Å². The van der Waals surface area contributed by atoms with Crippen molar-refractivity contribution in [3.05, 3.63) is 58.6 Å². The summed E-state index contributed by atoms with van der Waals surface area (Å²) in [4.78, 5) is 2.29. The van der Waals surface area contributed by atoms with E-state index in [1.54, 1.807) is 0 Å². The maximum atomic E-state index is 5.84. The smallest absolute Gasteiger partial charge is 0.142 e. The van der Waals surface area contributed by atoms with Gasteiger partial charge in [0.25, 0.3) is 0 Å². The van der Waals surface area contributed by atoms with Crippen LogP contribution >= 0.6 is 15.9 Å². The van der Waals surface area contributed by atoms with Crippen molar-refractivity contribution in [2.75, 3.05) is 25.9 Å². The van der Waals surface area contributed by atoms with Crippen molar-refractivity contribution in [3.8, 4) is 5.75 Å². The lowest BCUT2D eigenvalue weighted by Crippen LogP contribution is -2.20. The van der Waals surface area contributed by atoms with Crippen LogP contribution in [-0.2, 0) is 6.54 Å². The van der Waals surface area contributed by atoms with Crippen molar-refractivity contribution >= 4 is 21.6 Å². The summed E-state index contributed by atoms with van der Waals surface area (Å²) in [7, 11) is 2.12. The molecule has 0 unspecified atom stereocenters. The minimum absolute atomic E-state index is 0.678. The first-order chi connectivity index (χ1) is 10.1. The second-order valence-electron chi connectivity index (χ2n) is 5.11. The zero-order valence-electron chi connectivity index (χ0n) is 12.3. The van der Waals surface area contributed by atoms with Gasteiger partial charge in [0.05, 0.1) is 12.3 Å². The third-order valence-corrected chi connectivity index (χ3v) is 3.70. The Morgan fingerprint density at radius 1 is 1.14 bits per heavy atom. The molecule has 0 atom stereocenters. The minimum atomic E-state index is 0.678. The predicted octanol–water partition coefficient (Wildman–Crippen LogP) is 3.93. The van der Waals surface area contributed by atoms with Gasteiger partial charge in [0.15, 0.2) is 0 Å². The van der Waals surface area contributed by atoms with Gasteiger partial charge in [-0.1, -0.05) is 40.2 Å². The van der Waals surface area contributed by atoms with Crippen molar-refractivity contribution in [1.29, 1.82) is 0 Å². The molecule has 0 aliphatic rings. The number of hydrogen-bond acceptors (Lipinski definition) is 3. The summed E-state index contributed by atoms with van der Waals surface area (Å²) in [5, 5.41) is 0. The molecular weight excluding hydrogens is 328 g/mol. The first-order valence-corrected chi connectivity index (χ1v) is 7.85. The molecule has 0 saturated carbocycles. The van der Waals surface area contributed by atoms with Crippen molar-refractivity contribution in [3.63, 3.8) is 0 Å². The fraction of sp³-hybridized carbons (Fsp3) is 0.294. The molecule has 4 heteroatoms. The number of anilines is 1. The van der Waals surface area contributed by atoms with Gasteiger partial charge in [0.1, 0.15) is 5.75 Å². The average molecular weight is 349 g/mol. The number of rotatable bonds is 7. The molecule has 0 aromatic heterocycles. The van der Waals surface area contributed by atoms with Gasteiger partial charge < -0.3 is 15.4 Å². The molecule has 0 bridgehead atoms. The van der Waals surface area contributed by atoms with Gasteiger partial charge in [-0.25, -0.2) is 0 Å². The number of nitrogens with two attached hydrogens (primary N) is 1. The van der Waals surface area contributed by atoms with E-state index < -0.39 is 0 Å². The highest BCUT2D eigenvalue weighted by Gasteiger charge is 2.02. The normalized spacial score (nSPS) is 10.8. The van der Waals surface area contributed by atoms with Gasteiger partial charge in [-0.3, -0.25) is 0 Å². The Morgan fingerprint density at radius 2 is 1.95 bits per heavy atom. The van der Waals surface area contributed by atoms with E-state index in [9.17, 15) is 0 Å². The summed E-state index contributed by atoms with van der Waals surface area (Å²) in [5.74, 6) is 0.771. The number of para-hydroxylation sites is 2. The standard InChI is InChI=1S/C17H21BrN2O/c1-20(13-14-6-4-7-15(18)12-14)10-5-11-21-17-9-3-2-8-16(17)19/h2-4,6-9,12H,5,10-11,13,19H2,1H3. The Labute approximate surface area is 134 Å².